The molecule has 1 aromatic heterocycles. The first-order valence-electron chi connectivity index (χ1n) is 6.66. The van der Waals surface area contributed by atoms with Crippen LogP contribution in [0.2, 0.25) is 0 Å². The Hall–Kier alpha value is -2.62. The zero-order chi connectivity index (χ0) is 13.5. The van der Waals surface area contributed by atoms with Crippen LogP contribution in [0, 0.1) is 0 Å². The molecule has 0 bridgehead atoms. The molecule has 4 heteroatoms. The van der Waals surface area contributed by atoms with Gasteiger partial charge in [-0.3, -0.25) is 9.89 Å². The Balaban J connectivity index is 1.83. The van der Waals surface area contributed by atoms with Crippen molar-refractivity contribution in [1.82, 2.24) is 10.2 Å². The van der Waals surface area contributed by atoms with E-state index in [4.69, 9.17) is 0 Å². The van der Waals surface area contributed by atoms with Gasteiger partial charge in [-0.25, -0.2) is 0 Å². The molecule has 1 heterocycles. The van der Waals surface area contributed by atoms with Gasteiger partial charge < -0.3 is 5.32 Å². The van der Waals surface area contributed by atoms with Gasteiger partial charge in [-0.1, -0.05) is 24.3 Å². The summed E-state index contributed by atoms with van der Waals surface area (Å²) in [6.07, 6.45) is 5.40. The van der Waals surface area contributed by atoms with Crippen molar-refractivity contribution >= 4 is 22.4 Å². The fraction of sp³-hybridized carbons (Fsp3) is 0.125. The van der Waals surface area contributed by atoms with Crippen LogP contribution in [0.15, 0.2) is 42.7 Å². The highest BCUT2D eigenvalue weighted by Gasteiger charge is 2.18. The second-order valence-electron chi connectivity index (χ2n) is 5.05. The molecule has 0 atom stereocenters. The van der Waals surface area contributed by atoms with Gasteiger partial charge in [-0.2, -0.15) is 5.10 Å². The van der Waals surface area contributed by atoms with E-state index in [9.17, 15) is 4.79 Å². The van der Waals surface area contributed by atoms with Crippen LogP contribution in [-0.4, -0.2) is 16.1 Å². The normalized spacial score (nSPS) is 12.8. The Morgan fingerprint density at radius 2 is 2.00 bits per heavy atom. The minimum absolute atomic E-state index is 0.0954. The third kappa shape index (κ3) is 1.61. The van der Waals surface area contributed by atoms with Gasteiger partial charge in [-0.05, 0) is 40.8 Å². The lowest BCUT2D eigenvalue weighted by Gasteiger charge is -2.08. The molecule has 2 aromatic carbocycles. The van der Waals surface area contributed by atoms with Crippen molar-refractivity contribution in [2.45, 2.75) is 12.8 Å². The van der Waals surface area contributed by atoms with E-state index in [1.807, 2.05) is 18.2 Å². The highest BCUT2D eigenvalue weighted by atomic mass is 16.1. The van der Waals surface area contributed by atoms with Crippen LogP contribution in [0.5, 0.6) is 0 Å². The zero-order valence-corrected chi connectivity index (χ0v) is 10.8. The molecule has 0 spiro atoms. The summed E-state index contributed by atoms with van der Waals surface area (Å²) in [6.45, 7) is 0. The average Bonchev–Trinajstić information content (AvgIpc) is 3.10. The second-order valence-corrected chi connectivity index (χ2v) is 5.05. The van der Waals surface area contributed by atoms with Crippen LogP contribution in [0.1, 0.15) is 21.5 Å². The van der Waals surface area contributed by atoms with Crippen LogP contribution in [0.25, 0.3) is 10.8 Å². The number of benzene rings is 2. The van der Waals surface area contributed by atoms with Crippen LogP contribution < -0.4 is 5.32 Å². The standard InChI is InChI=1S/C16H13N3O/c20-16(19-12-8-17-18-9-12)14-7-6-11-5-4-10-2-1-3-13(14)15(10)11/h1-3,6-9H,4-5H2,(H,17,18)(H,19,20). The summed E-state index contributed by atoms with van der Waals surface area (Å²) >= 11 is 0. The smallest absolute Gasteiger partial charge is 0.256 e. The number of hydrogen-bond acceptors (Lipinski definition) is 2. The van der Waals surface area contributed by atoms with Crippen LogP contribution in [0.3, 0.4) is 0 Å². The molecule has 0 unspecified atom stereocenters. The van der Waals surface area contributed by atoms with E-state index in [0.717, 1.165) is 18.2 Å². The summed E-state index contributed by atoms with van der Waals surface area (Å²) in [5.41, 5.74) is 4.08. The summed E-state index contributed by atoms with van der Waals surface area (Å²) in [7, 11) is 0. The lowest BCUT2D eigenvalue weighted by molar-refractivity contribution is 0.102. The molecule has 1 aliphatic carbocycles. The molecule has 0 aliphatic heterocycles. The molecule has 1 aliphatic rings. The van der Waals surface area contributed by atoms with E-state index in [1.165, 1.54) is 16.5 Å². The Labute approximate surface area is 115 Å². The number of carbonyl (C=O) groups excluding carboxylic acids is 1. The van der Waals surface area contributed by atoms with E-state index < -0.39 is 0 Å². The molecule has 3 aromatic rings. The molecular formula is C16H13N3O. The highest BCUT2D eigenvalue weighted by molar-refractivity contribution is 6.14. The van der Waals surface area contributed by atoms with E-state index in [-0.39, 0.29) is 5.91 Å². The predicted molar refractivity (Wildman–Crippen MR) is 77.9 cm³/mol. The lowest BCUT2D eigenvalue weighted by Crippen LogP contribution is -2.12. The largest absolute Gasteiger partial charge is 0.319 e. The number of anilines is 1. The molecular weight excluding hydrogens is 250 g/mol. The molecule has 0 saturated heterocycles. The number of hydrogen-bond donors (Lipinski definition) is 2. The Morgan fingerprint density at radius 1 is 1.15 bits per heavy atom. The summed E-state index contributed by atoms with van der Waals surface area (Å²) in [5, 5.41) is 11.7. The summed E-state index contributed by atoms with van der Waals surface area (Å²) in [5.74, 6) is -0.0954. The van der Waals surface area contributed by atoms with Crippen LogP contribution in [-0.2, 0) is 12.8 Å². The maximum absolute atomic E-state index is 12.4. The van der Waals surface area contributed by atoms with Crippen molar-refractivity contribution in [3.63, 3.8) is 0 Å². The number of aryl methyl sites for hydroxylation is 2. The van der Waals surface area contributed by atoms with Gasteiger partial charge in [0, 0.05) is 11.8 Å². The van der Waals surface area contributed by atoms with Crippen LogP contribution in [0.4, 0.5) is 5.69 Å². The first-order valence-corrected chi connectivity index (χ1v) is 6.66. The van der Waals surface area contributed by atoms with Gasteiger partial charge in [0.2, 0.25) is 0 Å². The van der Waals surface area contributed by atoms with Crippen molar-refractivity contribution in [2.24, 2.45) is 0 Å². The predicted octanol–water partition coefficient (Wildman–Crippen LogP) is 2.91. The SMILES string of the molecule is O=C(Nc1cn[nH]c1)c1ccc2c3c(cccc13)CC2. The number of H-pyrrole nitrogens is 1. The molecule has 4 nitrogen and oxygen atoms in total. The van der Waals surface area contributed by atoms with Gasteiger partial charge in [0.25, 0.3) is 5.91 Å². The van der Waals surface area contributed by atoms with E-state index in [2.05, 4.69) is 27.6 Å². The molecule has 0 fully saturated rings. The van der Waals surface area contributed by atoms with E-state index >= 15 is 0 Å². The minimum atomic E-state index is -0.0954. The number of aromatic nitrogens is 2. The fourth-order valence-electron chi connectivity index (χ4n) is 2.96. The molecule has 0 saturated carbocycles. The van der Waals surface area contributed by atoms with Gasteiger partial charge in [-0.15, -0.1) is 0 Å². The van der Waals surface area contributed by atoms with Crippen molar-refractivity contribution in [1.29, 1.82) is 0 Å². The number of amides is 1. The molecule has 2 N–H and O–H groups in total. The number of nitrogens with zero attached hydrogens (tertiary/aromatic N) is 1. The molecule has 20 heavy (non-hydrogen) atoms. The van der Waals surface area contributed by atoms with Crippen LogP contribution >= 0.6 is 0 Å². The Bertz CT molecular complexity index is 796. The molecule has 0 radical (unpaired) electrons. The van der Waals surface area contributed by atoms with Crippen molar-refractivity contribution in [3.8, 4) is 0 Å². The Morgan fingerprint density at radius 3 is 2.80 bits per heavy atom. The minimum Gasteiger partial charge on any atom is -0.319 e. The first-order chi connectivity index (χ1) is 9.83. The monoisotopic (exact) mass is 263 g/mol. The number of carbonyl (C=O) groups is 1. The van der Waals surface area contributed by atoms with Crippen molar-refractivity contribution in [3.05, 3.63) is 59.4 Å². The molecule has 1 amide bonds. The van der Waals surface area contributed by atoms with Crippen molar-refractivity contribution < 1.29 is 4.79 Å². The summed E-state index contributed by atoms with van der Waals surface area (Å²) < 4.78 is 0. The maximum Gasteiger partial charge on any atom is 0.256 e. The van der Waals surface area contributed by atoms with E-state index in [0.29, 0.717) is 11.3 Å². The summed E-state index contributed by atoms with van der Waals surface area (Å²) in [4.78, 5) is 12.4. The lowest BCUT2D eigenvalue weighted by atomic mass is 9.99. The fourth-order valence-corrected chi connectivity index (χ4v) is 2.96. The summed E-state index contributed by atoms with van der Waals surface area (Å²) in [6, 6.07) is 10.2. The first kappa shape index (κ1) is 11.2. The number of nitrogens with one attached hydrogen (secondary N) is 2. The number of rotatable bonds is 2. The average molecular weight is 263 g/mol. The quantitative estimate of drug-likeness (QED) is 0.747. The highest BCUT2D eigenvalue weighted by Crippen LogP contribution is 2.32. The maximum atomic E-state index is 12.4. The van der Waals surface area contributed by atoms with E-state index in [1.54, 1.807) is 12.4 Å². The number of aromatic amines is 1. The topological polar surface area (TPSA) is 57.8 Å². The zero-order valence-electron chi connectivity index (χ0n) is 10.8. The van der Waals surface area contributed by atoms with Gasteiger partial charge in [0.1, 0.15) is 0 Å². The van der Waals surface area contributed by atoms with Gasteiger partial charge in [0.15, 0.2) is 0 Å². The third-order valence-corrected chi connectivity index (χ3v) is 3.88. The molecule has 4 rings (SSSR count). The van der Waals surface area contributed by atoms with Gasteiger partial charge >= 0.3 is 0 Å². The Kier molecular flexibility index (Phi) is 2.36. The van der Waals surface area contributed by atoms with Gasteiger partial charge in [0.05, 0.1) is 11.9 Å². The van der Waals surface area contributed by atoms with Crippen molar-refractivity contribution in [2.75, 3.05) is 5.32 Å². The second kappa shape index (κ2) is 4.20. The molecule has 98 valence electrons. The third-order valence-electron chi connectivity index (χ3n) is 3.88.